The van der Waals surface area contributed by atoms with Gasteiger partial charge in [-0.25, -0.2) is 17.6 Å². The van der Waals surface area contributed by atoms with Crippen molar-refractivity contribution in [3.63, 3.8) is 0 Å². The van der Waals surface area contributed by atoms with Crippen LogP contribution in [0.5, 0.6) is 0 Å². The van der Waals surface area contributed by atoms with Crippen molar-refractivity contribution in [1.29, 1.82) is 0 Å². The topological polar surface area (TPSA) is 26.0 Å². The minimum atomic E-state index is -1.13. The Labute approximate surface area is 138 Å². The van der Waals surface area contributed by atoms with Gasteiger partial charge in [0.15, 0.2) is 11.6 Å². The molecule has 5 heteroatoms. The summed E-state index contributed by atoms with van der Waals surface area (Å²) in [5.41, 5.74) is 5.95. The summed E-state index contributed by atoms with van der Waals surface area (Å²) in [6.07, 6.45) is 3.61. The van der Waals surface area contributed by atoms with E-state index in [9.17, 15) is 17.6 Å². The zero-order valence-corrected chi connectivity index (χ0v) is 13.2. The fourth-order valence-corrected chi connectivity index (χ4v) is 3.49. The zero-order chi connectivity index (χ0) is 17.3. The summed E-state index contributed by atoms with van der Waals surface area (Å²) in [6, 6.07) is 5.47. The van der Waals surface area contributed by atoms with Gasteiger partial charge >= 0.3 is 0 Å². The van der Waals surface area contributed by atoms with Crippen LogP contribution in [-0.4, -0.2) is 6.54 Å². The highest BCUT2D eigenvalue weighted by molar-refractivity contribution is 5.65. The van der Waals surface area contributed by atoms with E-state index in [1.807, 2.05) is 0 Å². The Hall–Kier alpha value is -1.88. The minimum absolute atomic E-state index is 0.0118. The summed E-state index contributed by atoms with van der Waals surface area (Å²) in [4.78, 5) is 0. The number of hydrogen-bond acceptors (Lipinski definition) is 1. The van der Waals surface area contributed by atoms with Crippen LogP contribution in [0.2, 0.25) is 0 Å². The van der Waals surface area contributed by atoms with Crippen LogP contribution in [0.25, 0.3) is 11.1 Å². The summed E-state index contributed by atoms with van der Waals surface area (Å²) in [5, 5.41) is 0. The first-order valence-electron chi connectivity index (χ1n) is 8.14. The molecule has 24 heavy (non-hydrogen) atoms. The third kappa shape index (κ3) is 3.31. The first-order chi connectivity index (χ1) is 11.5. The molecule has 3 rings (SSSR count). The van der Waals surface area contributed by atoms with Gasteiger partial charge in [0.25, 0.3) is 0 Å². The zero-order valence-electron chi connectivity index (χ0n) is 13.2. The van der Waals surface area contributed by atoms with Gasteiger partial charge in [0.05, 0.1) is 5.56 Å². The standard InChI is InChI=1S/C19H19F4N/c20-15-6-5-13(7-16(15)21)19-17(22)8-14(9-18(19)23)12-3-1-11(10-24)2-4-12/h5-9,11-12H,1-4,10,24H2. The SMILES string of the molecule is NCC1CCC(c2cc(F)c(-c3ccc(F)c(F)c3)c(F)c2)CC1. The summed E-state index contributed by atoms with van der Waals surface area (Å²) in [7, 11) is 0. The van der Waals surface area contributed by atoms with E-state index in [2.05, 4.69) is 0 Å². The Balaban J connectivity index is 1.90. The lowest BCUT2D eigenvalue weighted by atomic mass is 9.78. The number of rotatable bonds is 3. The molecule has 0 amide bonds. The van der Waals surface area contributed by atoms with Crippen LogP contribution in [0.15, 0.2) is 30.3 Å². The van der Waals surface area contributed by atoms with Gasteiger partial charge in [0.1, 0.15) is 11.6 Å². The molecule has 0 radical (unpaired) electrons. The second kappa shape index (κ2) is 6.93. The fraction of sp³-hybridized carbons (Fsp3) is 0.368. The van der Waals surface area contributed by atoms with E-state index < -0.39 is 23.3 Å². The Morgan fingerprint density at radius 3 is 1.96 bits per heavy atom. The molecule has 1 nitrogen and oxygen atoms in total. The maximum atomic E-state index is 14.5. The smallest absolute Gasteiger partial charge is 0.159 e. The van der Waals surface area contributed by atoms with Crippen molar-refractivity contribution in [1.82, 2.24) is 0 Å². The Morgan fingerprint density at radius 1 is 0.792 bits per heavy atom. The van der Waals surface area contributed by atoms with E-state index in [0.717, 1.165) is 37.8 Å². The van der Waals surface area contributed by atoms with Crippen LogP contribution >= 0.6 is 0 Å². The van der Waals surface area contributed by atoms with Gasteiger partial charge in [-0.1, -0.05) is 6.07 Å². The summed E-state index contributed by atoms with van der Waals surface area (Å²) in [6.45, 7) is 0.643. The van der Waals surface area contributed by atoms with E-state index in [-0.39, 0.29) is 17.0 Å². The molecule has 0 spiro atoms. The van der Waals surface area contributed by atoms with Crippen LogP contribution < -0.4 is 5.73 Å². The molecule has 0 aromatic heterocycles. The predicted molar refractivity (Wildman–Crippen MR) is 85.5 cm³/mol. The van der Waals surface area contributed by atoms with Gasteiger partial charge in [-0.05, 0) is 79.5 Å². The quantitative estimate of drug-likeness (QED) is 0.771. The second-order valence-corrected chi connectivity index (χ2v) is 6.44. The van der Waals surface area contributed by atoms with E-state index >= 15 is 0 Å². The van der Waals surface area contributed by atoms with Gasteiger partial charge in [0.2, 0.25) is 0 Å². The van der Waals surface area contributed by atoms with Gasteiger partial charge < -0.3 is 5.73 Å². The number of halogens is 4. The fourth-order valence-electron chi connectivity index (χ4n) is 3.49. The average Bonchev–Trinajstić information content (AvgIpc) is 2.57. The molecule has 0 unspecified atom stereocenters. The molecule has 2 aromatic rings. The van der Waals surface area contributed by atoms with Crippen molar-refractivity contribution in [3.8, 4) is 11.1 Å². The van der Waals surface area contributed by atoms with Crippen LogP contribution in [0.1, 0.15) is 37.2 Å². The third-order valence-corrected chi connectivity index (χ3v) is 4.92. The maximum Gasteiger partial charge on any atom is 0.159 e. The monoisotopic (exact) mass is 337 g/mol. The highest BCUT2D eigenvalue weighted by atomic mass is 19.2. The number of benzene rings is 2. The first-order valence-corrected chi connectivity index (χ1v) is 8.14. The Bertz CT molecular complexity index is 713. The molecule has 0 saturated heterocycles. The van der Waals surface area contributed by atoms with E-state index in [1.54, 1.807) is 0 Å². The summed E-state index contributed by atoms with van der Waals surface area (Å²) >= 11 is 0. The van der Waals surface area contributed by atoms with Crippen molar-refractivity contribution in [2.75, 3.05) is 6.54 Å². The highest BCUT2D eigenvalue weighted by Crippen LogP contribution is 2.38. The molecule has 1 aliphatic carbocycles. The van der Waals surface area contributed by atoms with Gasteiger partial charge in [0, 0.05) is 0 Å². The molecule has 1 aliphatic rings. The van der Waals surface area contributed by atoms with Crippen LogP contribution in [0.3, 0.4) is 0 Å². The van der Waals surface area contributed by atoms with Gasteiger partial charge in [-0.3, -0.25) is 0 Å². The van der Waals surface area contributed by atoms with Crippen molar-refractivity contribution in [2.24, 2.45) is 11.7 Å². The molecule has 128 valence electrons. The van der Waals surface area contributed by atoms with Crippen molar-refractivity contribution >= 4 is 0 Å². The first kappa shape index (κ1) is 17.0. The minimum Gasteiger partial charge on any atom is -0.330 e. The van der Waals surface area contributed by atoms with Crippen molar-refractivity contribution in [2.45, 2.75) is 31.6 Å². The molecule has 2 N–H and O–H groups in total. The molecular formula is C19H19F4N. The average molecular weight is 337 g/mol. The number of hydrogen-bond donors (Lipinski definition) is 1. The van der Waals surface area contributed by atoms with Crippen LogP contribution in [0.4, 0.5) is 17.6 Å². The lowest BCUT2D eigenvalue weighted by Crippen LogP contribution is -2.20. The molecule has 0 bridgehead atoms. The van der Waals surface area contributed by atoms with E-state index in [4.69, 9.17) is 5.73 Å². The molecule has 0 aliphatic heterocycles. The molecule has 2 aromatic carbocycles. The molecule has 1 fully saturated rings. The normalized spacial score (nSPS) is 21.0. The second-order valence-electron chi connectivity index (χ2n) is 6.44. The number of nitrogens with two attached hydrogens (primary N) is 1. The molecular weight excluding hydrogens is 318 g/mol. The molecule has 0 heterocycles. The predicted octanol–water partition coefficient (Wildman–Crippen LogP) is 5.14. The van der Waals surface area contributed by atoms with Crippen molar-refractivity contribution in [3.05, 3.63) is 59.2 Å². The van der Waals surface area contributed by atoms with Crippen LogP contribution in [-0.2, 0) is 0 Å². The van der Waals surface area contributed by atoms with E-state index in [1.165, 1.54) is 18.2 Å². The lowest BCUT2D eigenvalue weighted by molar-refractivity contribution is 0.332. The van der Waals surface area contributed by atoms with Gasteiger partial charge in [-0.2, -0.15) is 0 Å². The third-order valence-electron chi connectivity index (χ3n) is 4.92. The largest absolute Gasteiger partial charge is 0.330 e. The Morgan fingerprint density at radius 2 is 1.42 bits per heavy atom. The van der Waals surface area contributed by atoms with Crippen LogP contribution in [0, 0.1) is 29.2 Å². The van der Waals surface area contributed by atoms with E-state index in [0.29, 0.717) is 18.0 Å². The molecule has 1 saturated carbocycles. The van der Waals surface area contributed by atoms with Gasteiger partial charge in [-0.15, -0.1) is 0 Å². The summed E-state index contributed by atoms with van der Waals surface area (Å²) in [5.74, 6) is -3.09. The lowest BCUT2D eigenvalue weighted by Gasteiger charge is -2.28. The van der Waals surface area contributed by atoms with Crippen molar-refractivity contribution < 1.29 is 17.6 Å². The summed E-state index contributed by atoms with van der Waals surface area (Å²) < 4.78 is 55.3. The highest BCUT2D eigenvalue weighted by Gasteiger charge is 2.24. The molecule has 0 atom stereocenters. The maximum absolute atomic E-state index is 14.5. The Kier molecular flexibility index (Phi) is 4.90.